The Morgan fingerprint density at radius 1 is 1.24 bits per heavy atom. The summed E-state index contributed by atoms with van der Waals surface area (Å²) in [6, 6.07) is 9.03. The molecule has 6 heteroatoms. The molecule has 1 saturated heterocycles. The van der Waals surface area contributed by atoms with Crippen LogP contribution in [0.15, 0.2) is 30.3 Å². The van der Waals surface area contributed by atoms with Gasteiger partial charge in [0.05, 0.1) is 12.6 Å². The number of carbonyl (C=O) groups is 2. The van der Waals surface area contributed by atoms with E-state index in [-0.39, 0.29) is 31.1 Å². The van der Waals surface area contributed by atoms with Crippen molar-refractivity contribution in [2.75, 3.05) is 26.2 Å². The maximum Gasteiger partial charge on any atom is 0.258 e. The van der Waals surface area contributed by atoms with Crippen molar-refractivity contribution in [1.29, 1.82) is 0 Å². The van der Waals surface area contributed by atoms with Gasteiger partial charge in [-0.1, -0.05) is 18.2 Å². The second-order valence-electron chi connectivity index (χ2n) is 4.99. The number of aliphatic hydroxyl groups is 1. The lowest BCUT2D eigenvalue weighted by Crippen LogP contribution is -2.45. The number of aliphatic hydroxyl groups excluding tert-OH is 1. The van der Waals surface area contributed by atoms with E-state index in [1.807, 2.05) is 18.2 Å². The Hall–Kier alpha value is -2.08. The summed E-state index contributed by atoms with van der Waals surface area (Å²) in [4.78, 5) is 25.1. The van der Waals surface area contributed by atoms with Gasteiger partial charge in [0.2, 0.25) is 5.91 Å². The molecule has 0 saturated carbocycles. The maximum atomic E-state index is 11.9. The number of benzene rings is 1. The van der Waals surface area contributed by atoms with Gasteiger partial charge >= 0.3 is 0 Å². The van der Waals surface area contributed by atoms with E-state index in [2.05, 4.69) is 5.32 Å². The van der Waals surface area contributed by atoms with Crippen molar-refractivity contribution in [3.8, 4) is 5.75 Å². The van der Waals surface area contributed by atoms with Gasteiger partial charge in [0.25, 0.3) is 5.91 Å². The minimum Gasteiger partial charge on any atom is -0.484 e. The molecule has 6 nitrogen and oxygen atoms in total. The zero-order valence-electron chi connectivity index (χ0n) is 11.8. The van der Waals surface area contributed by atoms with E-state index < -0.39 is 0 Å². The lowest BCUT2D eigenvalue weighted by atomic mass is 10.1. The number of carbonyl (C=O) groups excluding carboxylic acids is 2. The second-order valence-corrected chi connectivity index (χ2v) is 4.99. The summed E-state index contributed by atoms with van der Waals surface area (Å²) in [6.45, 7) is 0.926. The summed E-state index contributed by atoms with van der Waals surface area (Å²) in [5.74, 6) is 0.156. The first-order chi connectivity index (χ1) is 10.1. The highest BCUT2D eigenvalue weighted by Gasteiger charge is 2.21. The maximum absolute atomic E-state index is 11.9. The molecule has 0 radical (unpaired) electrons. The molecule has 0 unspecified atom stereocenters. The largest absolute Gasteiger partial charge is 0.484 e. The standard InChI is InChI=1S/C15H20N2O4/c18-12-6-8-17(9-7-12)15(20)10-16-14(19)11-21-13-4-2-1-3-5-13/h1-5,12,18H,6-11H2,(H,16,19). The quantitative estimate of drug-likeness (QED) is 0.810. The fourth-order valence-electron chi connectivity index (χ4n) is 2.12. The van der Waals surface area contributed by atoms with Crippen molar-refractivity contribution in [1.82, 2.24) is 10.2 Å². The lowest BCUT2D eigenvalue weighted by Gasteiger charge is -2.29. The van der Waals surface area contributed by atoms with Crippen molar-refractivity contribution >= 4 is 11.8 Å². The third-order valence-corrected chi connectivity index (χ3v) is 3.37. The van der Waals surface area contributed by atoms with Gasteiger partial charge in [-0.2, -0.15) is 0 Å². The minimum absolute atomic E-state index is 0.0346. The number of piperidine rings is 1. The molecule has 1 aromatic rings. The van der Waals surface area contributed by atoms with E-state index in [1.165, 1.54) is 0 Å². The van der Waals surface area contributed by atoms with Gasteiger partial charge in [-0.3, -0.25) is 9.59 Å². The van der Waals surface area contributed by atoms with Crippen LogP contribution in [0.2, 0.25) is 0 Å². The molecule has 2 amide bonds. The number of hydrogen-bond donors (Lipinski definition) is 2. The van der Waals surface area contributed by atoms with Gasteiger partial charge < -0.3 is 20.1 Å². The summed E-state index contributed by atoms with van der Waals surface area (Å²) in [6.07, 6.45) is 0.871. The number of para-hydroxylation sites is 1. The molecule has 1 heterocycles. The average Bonchev–Trinajstić information content (AvgIpc) is 2.52. The van der Waals surface area contributed by atoms with Crippen molar-refractivity contribution in [2.24, 2.45) is 0 Å². The normalized spacial score (nSPS) is 15.6. The van der Waals surface area contributed by atoms with Gasteiger partial charge in [-0.15, -0.1) is 0 Å². The first-order valence-electron chi connectivity index (χ1n) is 7.05. The van der Waals surface area contributed by atoms with Gasteiger partial charge in [0.1, 0.15) is 5.75 Å². The number of nitrogens with zero attached hydrogens (tertiary/aromatic N) is 1. The molecule has 2 N–H and O–H groups in total. The molecular weight excluding hydrogens is 272 g/mol. The molecule has 1 aliphatic rings. The highest BCUT2D eigenvalue weighted by molar-refractivity contribution is 5.85. The molecule has 2 rings (SSSR count). The fourth-order valence-corrected chi connectivity index (χ4v) is 2.12. The second kappa shape index (κ2) is 7.64. The van der Waals surface area contributed by atoms with Crippen LogP contribution in [0.3, 0.4) is 0 Å². The van der Waals surface area contributed by atoms with E-state index in [0.717, 1.165) is 0 Å². The highest BCUT2D eigenvalue weighted by atomic mass is 16.5. The molecule has 0 aliphatic carbocycles. The van der Waals surface area contributed by atoms with Crippen molar-refractivity contribution in [2.45, 2.75) is 18.9 Å². The van der Waals surface area contributed by atoms with Crippen LogP contribution < -0.4 is 10.1 Å². The van der Waals surface area contributed by atoms with Crippen molar-refractivity contribution in [3.05, 3.63) is 30.3 Å². The Labute approximate surface area is 123 Å². The highest BCUT2D eigenvalue weighted by Crippen LogP contribution is 2.09. The molecule has 114 valence electrons. The lowest BCUT2D eigenvalue weighted by molar-refractivity contribution is -0.134. The topological polar surface area (TPSA) is 78.9 Å². The summed E-state index contributed by atoms with van der Waals surface area (Å²) in [7, 11) is 0. The van der Waals surface area contributed by atoms with Gasteiger partial charge in [-0.05, 0) is 25.0 Å². The van der Waals surface area contributed by atoms with Crippen LogP contribution in [-0.4, -0.2) is 54.2 Å². The van der Waals surface area contributed by atoms with Crippen molar-refractivity contribution in [3.63, 3.8) is 0 Å². The van der Waals surface area contributed by atoms with E-state index >= 15 is 0 Å². The molecule has 0 spiro atoms. The van der Waals surface area contributed by atoms with Gasteiger partial charge in [0, 0.05) is 13.1 Å². The Morgan fingerprint density at radius 3 is 2.57 bits per heavy atom. The monoisotopic (exact) mass is 292 g/mol. The molecule has 21 heavy (non-hydrogen) atoms. The Morgan fingerprint density at radius 2 is 1.90 bits per heavy atom. The number of nitrogens with one attached hydrogen (secondary N) is 1. The summed E-state index contributed by atoms with van der Waals surface area (Å²) in [5, 5.41) is 11.9. The van der Waals surface area contributed by atoms with Crippen LogP contribution in [0, 0.1) is 0 Å². The zero-order valence-corrected chi connectivity index (χ0v) is 11.8. The van der Waals surface area contributed by atoms with E-state index in [9.17, 15) is 14.7 Å². The number of ether oxygens (including phenoxy) is 1. The predicted octanol–water partition coefficient (Wildman–Crippen LogP) is 0.165. The van der Waals surface area contributed by atoms with Crippen LogP contribution >= 0.6 is 0 Å². The SMILES string of the molecule is O=C(COc1ccccc1)NCC(=O)N1CCC(O)CC1. The van der Waals surface area contributed by atoms with Crippen LogP contribution in [0.1, 0.15) is 12.8 Å². The molecule has 0 aromatic heterocycles. The molecular formula is C15H20N2O4. The Balaban J connectivity index is 1.65. The van der Waals surface area contributed by atoms with Gasteiger partial charge in [-0.25, -0.2) is 0 Å². The van der Waals surface area contributed by atoms with E-state index in [0.29, 0.717) is 31.7 Å². The zero-order chi connectivity index (χ0) is 15.1. The third-order valence-electron chi connectivity index (χ3n) is 3.37. The molecule has 1 aromatic carbocycles. The van der Waals surface area contributed by atoms with Crippen LogP contribution in [0.4, 0.5) is 0 Å². The predicted molar refractivity (Wildman–Crippen MR) is 76.8 cm³/mol. The first-order valence-corrected chi connectivity index (χ1v) is 7.05. The first kappa shape index (κ1) is 15.3. The third kappa shape index (κ3) is 5.07. The number of hydrogen-bond acceptors (Lipinski definition) is 4. The Kier molecular flexibility index (Phi) is 5.57. The van der Waals surface area contributed by atoms with Gasteiger partial charge in [0.15, 0.2) is 6.61 Å². The minimum atomic E-state index is -0.329. The summed E-state index contributed by atoms with van der Waals surface area (Å²) >= 11 is 0. The fraction of sp³-hybridized carbons (Fsp3) is 0.467. The number of amides is 2. The molecule has 0 atom stereocenters. The summed E-state index contributed by atoms with van der Waals surface area (Å²) < 4.78 is 5.29. The van der Waals surface area contributed by atoms with E-state index in [1.54, 1.807) is 17.0 Å². The Bertz CT molecular complexity index is 470. The molecule has 1 aliphatic heterocycles. The van der Waals surface area contributed by atoms with Crippen LogP contribution in [0.5, 0.6) is 5.75 Å². The van der Waals surface area contributed by atoms with Crippen LogP contribution in [0.25, 0.3) is 0 Å². The molecule has 1 fully saturated rings. The summed E-state index contributed by atoms with van der Waals surface area (Å²) in [5.41, 5.74) is 0. The van der Waals surface area contributed by atoms with Crippen LogP contribution in [-0.2, 0) is 9.59 Å². The number of rotatable bonds is 5. The molecule has 0 bridgehead atoms. The number of likely N-dealkylation sites (tertiary alicyclic amines) is 1. The smallest absolute Gasteiger partial charge is 0.258 e. The van der Waals surface area contributed by atoms with E-state index in [4.69, 9.17) is 4.74 Å². The average molecular weight is 292 g/mol. The van der Waals surface area contributed by atoms with Crippen molar-refractivity contribution < 1.29 is 19.4 Å².